The summed E-state index contributed by atoms with van der Waals surface area (Å²) in [4.78, 5) is 10.8. The van der Waals surface area contributed by atoms with E-state index in [0.717, 1.165) is 17.7 Å². The number of aliphatic carboxylic acids is 1. The lowest BCUT2D eigenvalue weighted by molar-refractivity contribution is -0.137. The molecule has 1 N–H and O–H groups in total. The lowest BCUT2D eigenvalue weighted by Crippen LogP contribution is -2.06. The van der Waals surface area contributed by atoms with E-state index in [1.54, 1.807) is 24.3 Å². The van der Waals surface area contributed by atoms with Crippen LogP contribution in [0.15, 0.2) is 42.5 Å². The van der Waals surface area contributed by atoms with Gasteiger partial charge in [-0.3, -0.25) is 4.79 Å². The van der Waals surface area contributed by atoms with Crippen molar-refractivity contribution < 1.29 is 18.7 Å². The van der Waals surface area contributed by atoms with E-state index in [1.165, 1.54) is 6.07 Å². The molecule has 112 valence electrons. The number of carbonyl (C=O) groups is 1. The molecule has 5 heteroatoms. The van der Waals surface area contributed by atoms with Gasteiger partial charge in [0.15, 0.2) is 11.6 Å². The number of hydrogen-bond donors (Lipinski definition) is 1. The minimum Gasteiger partial charge on any atom is -0.481 e. The van der Waals surface area contributed by atoms with Crippen LogP contribution in [0.1, 0.15) is 35.4 Å². The Hall–Kier alpha value is -2.74. The second-order valence-electron chi connectivity index (χ2n) is 4.89. The highest BCUT2D eigenvalue weighted by molar-refractivity contribution is 5.66. The number of nitriles is 1. The van der Waals surface area contributed by atoms with Gasteiger partial charge in [-0.25, -0.2) is 8.78 Å². The SMILES string of the molecule is N#Cc1ccc([C@@H](CCC(=O)O)c2ccc(F)c(F)c2)cc1. The molecule has 0 saturated heterocycles. The summed E-state index contributed by atoms with van der Waals surface area (Å²) in [5.74, 6) is -3.24. The molecule has 0 aliphatic heterocycles. The van der Waals surface area contributed by atoms with Crippen LogP contribution in [0.3, 0.4) is 0 Å². The van der Waals surface area contributed by atoms with Gasteiger partial charge in [0.1, 0.15) is 0 Å². The van der Waals surface area contributed by atoms with Crippen LogP contribution in [0, 0.1) is 23.0 Å². The summed E-state index contributed by atoms with van der Waals surface area (Å²) in [6, 6.07) is 12.2. The average Bonchev–Trinajstić information content (AvgIpc) is 2.51. The normalized spacial score (nSPS) is 11.7. The van der Waals surface area contributed by atoms with Gasteiger partial charge >= 0.3 is 5.97 Å². The van der Waals surface area contributed by atoms with Crippen molar-refractivity contribution in [1.29, 1.82) is 5.26 Å². The van der Waals surface area contributed by atoms with Crippen molar-refractivity contribution in [3.8, 4) is 6.07 Å². The van der Waals surface area contributed by atoms with Crippen LogP contribution >= 0.6 is 0 Å². The first-order chi connectivity index (χ1) is 10.5. The zero-order valence-corrected chi connectivity index (χ0v) is 11.6. The molecule has 0 aromatic heterocycles. The molecule has 0 unspecified atom stereocenters. The van der Waals surface area contributed by atoms with Gasteiger partial charge in [-0.15, -0.1) is 0 Å². The Morgan fingerprint density at radius 2 is 1.73 bits per heavy atom. The summed E-state index contributed by atoms with van der Waals surface area (Å²) < 4.78 is 26.5. The third-order valence-electron chi connectivity index (χ3n) is 3.44. The van der Waals surface area contributed by atoms with Crippen LogP contribution in [-0.4, -0.2) is 11.1 Å². The van der Waals surface area contributed by atoms with Crippen molar-refractivity contribution >= 4 is 5.97 Å². The highest BCUT2D eigenvalue weighted by Crippen LogP contribution is 2.30. The number of hydrogen-bond acceptors (Lipinski definition) is 2. The van der Waals surface area contributed by atoms with Gasteiger partial charge in [-0.05, 0) is 41.8 Å². The Balaban J connectivity index is 2.38. The Morgan fingerprint density at radius 3 is 2.27 bits per heavy atom. The summed E-state index contributed by atoms with van der Waals surface area (Å²) >= 11 is 0. The summed E-state index contributed by atoms with van der Waals surface area (Å²) in [5, 5.41) is 17.7. The van der Waals surface area contributed by atoms with Crippen LogP contribution < -0.4 is 0 Å². The molecule has 2 aromatic rings. The Bertz CT molecular complexity index is 720. The fourth-order valence-corrected chi connectivity index (χ4v) is 2.31. The number of rotatable bonds is 5. The number of nitrogens with zero attached hydrogens (tertiary/aromatic N) is 1. The average molecular weight is 301 g/mol. The predicted octanol–water partition coefficient (Wildman–Crippen LogP) is 3.83. The Kier molecular flexibility index (Phi) is 4.84. The van der Waals surface area contributed by atoms with Crippen LogP contribution in [0.5, 0.6) is 0 Å². The summed E-state index contributed by atoms with van der Waals surface area (Å²) in [7, 11) is 0. The van der Waals surface area contributed by atoms with Crippen LogP contribution in [0.25, 0.3) is 0 Å². The molecular weight excluding hydrogens is 288 g/mol. The van der Waals surface area contributed by atoms with E-state index in [9.17, 15) is 13.6 Å². The topological polar surface area (TPSA) is 61.1 Å². The summed E-state index contributed by atoms with van der Waals surface area (Å²) in [6.07, 6.45) is 0.163. The van der Waals surface area contributed by atoms with Crippen molar-refractivity contribution in [1.82, 2.24) is 0 Å². The molecule has 0 aliphatic rings. The van der Waals surface area contributed by atoms with Gasteiger partial charge in [-0.1, -0.05) is 18.2 Å². The van der Waals surface area contributed by atoms with Crippen molar-refractivity contribution in [3.05, 3.63) is 70.8 Å². The zero-order chi connectivity index (χ0) is 16.1. The highest BCUT2D eigenvalue weighted by Gasteiger charge is 2.17. The van der Waals surface area contributed by atoms with Crippen LogP contribution in [0.4, 0.5) is 8.78 Å². The van der Waals surface area contributed by atoms with E-state index in [2.05, 4.69) is 0 Å². The highest BCUT2D eigenvalue weighted by atomic mass is 19.2. The van der Waals surface area contributed by atoms with Gasteiger partial charge in [0, 0.05) is 12.3 Å². The fourth-order valence-electron chi connectivity index (χ4n) is 2.31. The van der Waals surface area contributed by atoms with Crippen molar-refractivity contribution in [2.24, 2.45) is 0 Å². The first-order valence-corrected chi connectivity index (χ1v) is 6.68. The minimum atomic E-state index is -0.966. The quantitative estimate of drug-likeness (QED) is 0.913. The van der Waals surface area contributed by atoms with E-state index in [-0.39, 0.29) is 18.8 Å². The zero-order valence-electron chi connectivity index (χ0n) is 11.6. The molecule has 0 bridgehead atoms. The van der Waals surface area contributed by atoms with Crippen molar-refractivity contribution in [3.63, 3.8) is 0 Å². The molecule has 0 heterocycles. The van der Waals surface area contributed by atoms with Gasteiger partial charge in [-0.2, -0.15) is 5.26 Å². The summed E-state index contributed by atoms with van der Waals surface area (Å²) in [6.45, 7) is 0. The first-order valence-electron chi connectivity index (χ1n) is 6.68. The second kappa shape index (κ2) is 6.81. The molecular formula is C17H13F2NO2. The van der Waals surface area contributed by atoms with Gasteiger partial charge in [0.25, 0.3) is 0 Å². The number of benzene rings is 2. The predicted molar refractivity (Wildman–Crippen MR) is 76.2 cm³/mol. The number of halogens is 2. The van der Waals surface area contributed by atoms with Crippen molar-refractivity contribution in [2.45, 2.75) is 18.8 Å². The Morgan fingerprint density at radius 1 is 1.09 bits per heavy atom. The van der Waals surface area contributed by atoms with E-state index < -0.39 is 17.6 Å². The van der Waals surface area contributed by atoms with Crippen LogP contribution in [0.2, 0.25) is 0 Å². The molecule has 1 atom stereocenters. The molecule has 0 spiro atoms. The molecule has 0 radical (unpaired) electrons. The van der Waals surface area contributed by atoms with Gasteiger partial charge in [0.05, 0.1) is 11.6 Å². The standard InChI is InChI=1S/C17H13F2NO2/c18-15-7-5-13(9-16(15)19)14(6-8-17(21)22)12-3-1-11(10-20)2-4-12/h1-5,7,9,14H,6,8H2,(H,21,22)/t14-/m1/s1. The van der Waals surface area contributed by atoms with E-state index in [4.69, 9.17) is 10.4 Å². The molecule has 0 fully saturated rings. The second-order valence-corrected chi connectivity index (χ2v) is 4.89. The van der Waals surface area contributed by atoms with E-state index in [0.29, 0.717) is 11.1 Å². The maximum absolute atomic E-state index is 13.4. The monoisotopic (exact) mass is 301 g/mol. The van der Waals surface area contributed by atoms with Crippen LogP contribution in [-0.2, 0) is 4.79 Å². The molecule has 0 amide bonds. The maximum Gasteiger partial charge on any atom is 0.303 e. The molecule has 3 nitrogen and oxygen atoms in total. The number of carboxylic acids is 1. The van der Waals surface area contributed by atoms with Gasteiger partial charge < -0.3 is 5.11 Å². The molecule has 2 aromatic carbocycles. The third kappa shape index (κ3) is 3.67. The minimum absolute atomic E-state index is 0.0936. The van der Waals surface area contributed by atoms with E-state index in [1.807, 2.05) is 6.07 Å². The Labute approximate surface area is 126 Å². The lowest BCUT2D eigenvalue weighted by atomic mass is 9.87. The first kappa shape index (κ1) is 15.6. The molecule has 0 saturated carbocycles. The third-order valence-corrected chi connectivity index (χ3v) is 3.44. The van der Waals surface area contributed by atoms with Crippen molar-refractivity contribution in [2.75, 3.05) is 0 Å². The van der Waals surface area contributed by atoms with E-state index >= 15 is 0 Å². The fraction of sp³-hybridized carbons (Fsp3) is 0.176. The summed E-state index contributed by atoms with van der Waals surface area (Å²) in [5.41, 5.74) is 1.74. The smallest absolute Gasteiger partial charge is 0.303 e. The number of carboxylic acid groups (broad SMARTS) is 1. The molecule has 0 aliphatic carbocycles. The molecule has 22 heavy (non-hydrogen) atoms. The lowest BCUT2D eigenvalue weighted by Gasteiger charge is -2.17. The largest absolute Gasteiger partial charge is 0.481 e. The maximum atomic E-state index is 13.4. The molecule has 2 rings (SSSR count). The van der Waals surface area contributed by atoms with Gasteiger partial charge in [0.2, 0.25) is 0 Å².